The Balaban J connectivity index is 4.51. The number of aliphatic hydroxyl groups excluding tert-OH is 2. The van der Waals surface area contributed by atoms with Crippen LogP contribution in [0.1, 0.15) is 48.0 Å². The fourth-order valence-electron chi connectivity index (χ4n) is 2.27. The molecule has 22 heavy (non-hydrogen) atoms. The molecule has 134 valence electrons. The smallest absolute Gasteiger partial charge is 0.331 e. The molecule has 6 nitrogen and oxygen atoms in total. The number of hydrogen-bond donors (Lipinski definition) is 2. The van der Waals surface area contributed by atoms with Crippen LogP contribution in [0.2, 0.25) is 0 Å². The van der Waals surface area contributed by atoms with Crippen LogP contribution in [0.15, 0.2) is 0 Å². The van der Waals surface area contributed by atoms with Gasteiger partial charge in [0.15, 0.2) is 0 Å². The van der Waals surface area contributed by atoms with Crippen molar-refractivity contribution in [3.63, 3.8) is 0 Å². The van der Waals surface area contributed by atoms with Crippen molar-refractivity contribution < 1.29 is 23.8 Å². The van der Waals surface area contributed by atoms with Crippen LogP contribution in [-0.2, 0) is 13.6 Å². The quantitative estimate of drug-likeness (QED) is 0.532. The summed E-state index contributed by atoms with van der Waals surface area (Å²) in [6.07, 6.45) is -0.296. The third-order valence-electron chi connectivity index (χ3n) is 2.69. The van der Waals surface area contributed by atoms with Crippen LogP contribution in [0, 0.1) is 0 Å². The third-order valence-corrected chi connectivity index (χ3v) is 5.04. The van der Waals surface area contributed by atoms with Gasteiger partial charge in [0.05, 0.1) is 30.6 Å². The van der Waals surface area contributed by atoms with Gasteiger partial charge in [-0.3, -0.25) is 9.46 Å². The normalized spacial score (nSPS) is 15.8. The maximum absolute atomic E-state index is 12.7. The van der Waals surface area contributed by atoms with Gasteiger partial charge in [-0.15, -0.1) is 0 Å². The first-order valence-corrected chi connectivity index (χ1v) is 9.81. The largest absolute Gasteiger partial charge is 0.392 e. The van der Waals surface area contributed by atoms with Crippen molar-refractivity contribution in [1.29, 1.82) is 0 Å². The molecule has 0 aliphatic rings. The van der Waals surface area contributed by atoms with Crippen molar-refractivity contribution >= 4 is 7.60 Å². The zero-order valence-electron chi connectivity index (χ0n) is 14.9. The first-order chi connectivity index (χ1) is 10.0. The van der Waals surface area contributed by atoms with Gasteiger partial charge in [0.25, 0.3) is 0 Å². The SMILES string of the molecule is CC(O)CN(CCCP(=O)(OC(C)C)OC(C)C)CC(C)O. The Morgan fingerprint density at radius 3 is 1.64 bits per heavy atom. The summed E-state index contributed by atoms with van der Waals surface area (Å²) in [5.74, 6) is 0. The highest BCUT2D eigenvalue weighted by atomic mass is 31.2. The van der Waals surface area contributed by atoms with Crippen molar-refractivity contribution in [2.45, 2.75) is 72.4 Å². The van der Waals surface area contributed by atoms with Crippen LogP contribution >= 0.6 is 7.60 Å². The van der Waals surface area contributed by atoms with Crippen LogP contribution in [0.3, 0.4) is 0 Å². The maximum Gasteiger partial charge on any atom is 0.331 e. The van der Waals surface area contributed by atoms with Crippen LogP contribution < -0.4 is 0 Å². The van der Waals surface area contributed by atoms with E-state index in [1.807, 2.05) is 32.6 Å². The molecule has 0 saturated carbocycles. The lowest BCUT2D eigenvalue weighted by molar-refractivity contribution is 0.0832. The highest BCUT2D eigenvalue weighted by Crippen LogP contribution is 2.50. The predicted molar refractivity (Wildman–Crippen MR) is 89.3 cm³/mol. The number of nitrogens with zero attached hydrogens (tertiary/aromatic N) is 1. The molecule has 0 heterocycles. The Morgan fingerprint density at radius 2 is 1.32 bits per heavy atom. The zero-order chi connectivity index (χ0) is 17.3. The van der Waals surface area contributed by atoms with E-state index in [2.05, 4.69) is 0 Å². The van der Waals surface area contributed by atoms with Gasteiger partial charge in [0, 0.05) is 13.1 Å². The van der Waals surface area contributed by atoms with Crippen molar-refractivity contribution in [3.8, 4) is 0 Å². The lowest BCUT2D eigenvalue weighted by Gasteiger charge is -2.27. The second kappa shape index (κ2) is 10.7. The van der Waals surface area contributed by atoms with E-state index < -0.39 is 19.8 Å². The fraction of sp³-hybridized carbons (Fsp3) is 1.00. The molecule has 7 heteroatoms. The first kappa shape index (κ1) is 22.0. The van der Waals surface area contributed by atoms with E-state index in [0.717, 1.165) is 0 Å². The summed E-state index contributed by atoms with van der Waals surface area (Å²) in [6, 6.07) is 0. The van der Waals surface area contributed by atoms with E-state index in [0.29, 0.717) is 32.2 Å². The van der Waals surface area contributed by atoms with Crippen LogP contribution in [0.4, 0.5) is 0 Å². The standard InChI is InChI=1S/C15H34NO5P/c1-12(2)20-22(19,21-13(3)4)9-7-8-16(10-14(5)17)11-15(6)18/h12-15,17-18H,7-11H2,1-6H3. The average molecular weight is 339 g/mol. The minimum atomic E-state index is -3.11. The van der Waals surface area contributed by atoms with Crippen molar-refractivity contribution in [1.82, 2.24) is 4.90 Å². The molecular formula is C15H34NO5P. The van der Waals surface area contributed by atoms with E-state index in [-0.39, 0.29) is 12.2 Å². The zero-order valence-corrected chi connectivity index (χ0v) is 15.8. The third kappa shape index (κ3) is 11.6. The molecule has 0 aliphatic carbocycles. The monoisotopic (exact) mass is 339 g/mol. The van der Waals surface area contributed by atoms with E-state index in [1.54, 1.807) is 13.8 Å². The summed E-state index contributed by atoms with van der Waals surface area (Å²) < 4.78 is 23.7. The van der Waals surface area contributed by atoms with Gasteiger partial charge < -0.3 is 19.3 Å². The van der Waals surface area contributed by atoms with E-state index in [9.17, 15) is 14.8 Å². The molecule has 0 aromatic carbocycles. The minimum absolute atomic E-state index is 0.157. The molecule has 2 atom stereocenters. The number of aliphatic hydroxyl groups is 2. The predicted octanol–water partition coefficient (Wildman–Crippen LogP) is 2.48. The highest BCUT2D eigenvalue weighted by molar-refractivity contribution is 7.53. The molecule has 0 saturated heterocycles. The average Bonchev–Trinajstić information content (AvgIpc) is 2.23. The Hall–Kier alpha value is 0.0300. The Morgan fingerprint density at radius 1 is 0.909 bits per heavy atom. The Labute approximate surface area is 135 Å². The van der Waals surface area contributed by atoms with E-state index in [4.69, 9.17) is 9.05 Å². The molecule has 2 unspecified atom stereocenters. The van der Waals surface area contributed by atoms with Gasteiger partial charge in [-0.05, 0) is 54.5 Å². The number of rotatable bonds is 12. The first-order valence-electron chi connectivity index (χ1n) is 8.08. The molecule has 0 amide bonds. The molecule has 0 bridgehead atoms. The Bertz CT molecular complexity index is 310. The summed E-state index contributed by atoms with van der Waals surface area (Å²) in [4.78, 5) is 1.96. The summed E-state index contributed by atoms with van der Waals surface area (Å²) in [7, 11) is -3.11. The molecule has 0 fully saturated rings. The highest BCUT2D eigenvalue weighted by Gasteiger charge is 2.27. The van der Waals surface area contributed by atoms with Gasteiger partial charge in [-0.1, -0.05) is 0 Å². The maximum atomic E-state index is 12.7. The molecule has 0 radical (unpaired) electrons. The minimum Gasteiger partial charge on any atom is -0.392 e. The van der Waals surface area contributed by atoms with Crippen molar-refractivity contribution in [2.24, 2.45) is 0 Å². The topological polar surface area (TPSA) is 79.2 Å². The summed E-state index contributed by atoms with van der Waals surface area (Å²) in [5, 5.41) is 19.0. The Kier molecular flexibility index (Phi) is 10.8. The second-order valence-corrected chi connectivity index (χ2v) is 8.54. The molecule has 2 N–H and O–H groups in total. The lowest BCUT2D eigenvalue weighted by atomic mass is 10.3. The summed E-state index contributed by atoms with van der Waals surface area (Å²) in [5.41, 5.74) is 0. The van der Waals surface area contributed by atoms with E-state index >= 15 is 0 Å². The molecule has 0 aromatic rings. The van der Waals surface area contributed by atoms with E-state index in [1.165, 1.54) is 0 Å². The molecule has 0 rings (SSSR count). The van der Waals surface area contributed by atoms with Crippen molar-refractivity contribution in [2.75, 3.05) is 25.8 Å². The van der Waals surface area contributed by atoms with Crippen molar-refractivity contribution in [3.05, 3.63) is 0 Å². The van der Waals surface area contributed by atoms with Gasteiger partial charge >= 0.3 is 7.60 Å². The van der Waals surface area contributed by atoms with Crippen LogP contribution in [0.5, 0.6) is 0 Å². The molecular weight excluding hydrogens is 305 g/mol. The summed E-state index contributed by atoms with van der Waals surface area (Å²) >= 11 is 0. The summed E-state index contributed by atoms with van der Waals surface area (Å²) in [6.45, 7) is 12.4. The van der Waals surface area contributed by atoms with Crippen LogP contribution in [-0.4, -0.2) is 65.3 Å². The van der Waals surface area contributed by atoms with Gasteiger partial charge in [-0.25, -0.2) is 0 Å². The molecule has 0 aliphatic heterocycles. The van der Waals surface area contributed by atoms with Gasteiger partial charge in [0.1, 0.15) is 0 Å². The van der Waals surface area contributed by atoms with Gasteiger partial charge in [0.2, 0.25) is 0 Å². The molecule has 0 spiro atoms. The molecule has 0 aromatic heterocycles. The fourth-order valence-corrected chi connectivity index (χ4v) is 4.34. The second-order valence-electron chi connectivity index (χ2n) is 6.45. The lowest BCUT2D eigenvalue weighted by Crippen LogP contribution is -2.37. The van der Waals surface area contributed by atoms with Crippen LogP contribution in [0.25, 0.3) is 0 Å². The number of hydrogen-bond acceptors (Lipinski definition) is 6. The van der Waals surface area contributed by atoms with Gasteiger partial charge in [-0.2, -0.15) is 0 Å².